The average molecular weight is 234 g/mol. The fourth-order valence-corrected chi connectivity index (χ4v) is 2.67. The normalized spacial score (nSPS) is 42.2. The molecule has 2 unspecified atom stereocenters. The Labute approximate surface area is 82.2 Å². The number of piperidine rings is 1. The van der Waals surface area contributed by atoms with E-state index in [0.717, 1.165) is 11.9 Å². The molecule has 0 bridgehead atoms. The number of halogens is 1. The second kappa shape index (κ2) is 3.64. The molecule has 2 rings (SSSR count). The molecule has 2 heterocycles. The lowest BCUT2D eigenvalue weighted by Gasteiger charge is -2.33. The minimum Gasteiger partial charge on any atom is -0.375 e. The molecule has 12 heavy (non-hydrogen) atoms. The molecule has 0 saturated carbocycles. The Morgan fingerprint density at radius 2 is 2.42 bits per heavy atom. The summed E-state index contributed by atoms with van der Waals surface area (Å²) in [4.78, 5) is 0. The molecule has 2 saturated heterocycles. The SMILES string of the molecule is BrCC1CC2(CCCCN2)CO1. The first kappa shape index (κ1) is 8.97. The Morgan fingerprint density at radius 1 is 1.50 bits per heavy atom. The monoisotopic (exact) mass is 233 g/mol. The molecule has 0 amide bonds. The Kier molecular flexibility index (Phi) is 2.72. The molecule has 70 valence electrons. The molecule has 3 heteroatoms. The van der Waals surface area contributed by atoms with Gasteiger partial charge in [-0.15, -0.1) is 0 Å². The van der Waals surface area contributed by atoms with Crippen LogP contribution in [0.25, 0.3) is 0 Å². The van der Waals surface area contributed by atoms with Crippen molar-refractivity contribution in [3.8, 4) is 0 Å². The zero-order chi connectivity index (χ0) is 8.44. The van der Waals surface area contributed by atoms with Crippen molar-refractivity contribution in [1.82, 2.24) is 5.32 Å². The van der Waals surface area contributed by atoms with Crippen molar-refractivity contribution in [2.24, 2.45) is 0 Å². The Bertz CT molecular complexity index is 157. The molecule has 2 aliphatic heterocycles. The van der Waals surface area contributed by atoms with E-state index in [1.54, 1.807) is 0 Å². The van der Waals surface area contributed by atoms with E-state index in [-0.39, 0.29) is 0 Å². The Morgan fingerprint density at radius 3 is 3.00 bits per heavy atom. The summed E-state index contributed by atoms with van der Waals surface area (Å²) in [7, 11) is 0. The summed E-state index contributed by atoms with van der Waals surface area (Å²) >= 11 is 3.47. The number of hydrogen-bond donors (Lipinski definition) is 1. The highest BCUT2D eigenvalue weighted by Crippen LogP contribution is 2.31. The minimum absolute atomic E-state index is 0.344. The predicted octanol–water partition coefficient (Wildman–Crippen LogP) is 1.68. The predicted molar refractivity (Wildman–Crippen MR) is 52.7 cm³/mol. The van der Waals surface area contributed by atoms with Gasteiger partial charge in [-0.25, -0.2) is 0 Å². The second-order valence-corrected chi connectivity index (χ2v) is 4.60. The standard InChI is InChI=1S/C9H16BrNO/c10-6-8-5-9(7-12-8)3-1-2-4-11-9/h8,11H,1-7H2. The molecular weight excluding hydrogens is 218 g/mol. The van der Waals surface area contributed by atoms with Crippen LogP contribution in [0.3, 0.4) is 0 Å². The van der Waals surface area contributed by atoms with Gasteiger partial charge in [0.1, 0.15) is 0 Å². The summed E-state index contributed by atoms with van der Waals surface area (Å²) in [5, 5.41) is 4.60. The maximum atomic E-state index is 5.69. The van der Waals surface area contributed by atoms with Crippen LogP contribution in [0.2, 0.25) is 0 Å². The van der Waals surface area contributed by atoms with Gasteiger partial charge in [-0.05, 0) is 25.8 Å². The first-order valence-corrected chi connectivity index (χ1v) is 5.89. The fraction of sp³-hybridized carbons (Fsp3) is 1.00. The lowest BCUT2D eigenvalue weighted by Crippen LogP contribution is -2.49. The van der Waals surface area contributed by atoms with Gasteiger partial charge < -0.3 is 10.1 Å². The molecule has 0 radical (unpaired) electrons. The maximum absolute atomic E-state index is 5.69. The van der Waals surface area contributed by atoms with E-state index in [1.165, 1.54) is 32.2 Å². The third kappa shape index (κ3) is 1.68. The summed E-state index contributed by atoms with van der Waals surface area (Å²) in [5.41, 5.74) is 0.344. The quantitative estimate of drug-likeness (QED) is 0.697. The van der Waals surface area contributed by atoms with Crippen LogP contribution in [0.5, 0.6) is 0 Å². The summed E-state index contributed by atoms with van der Waals surface area (Å²) in [6, 6.07) is 0. The van der Waals surface area contributed by atoms with E-state index < -0.39 is 0 Å². The molecule has 0 aromatic carbocycles. The Hall–Kier alpha value is 0.400. The second-order valence-electron chi connectivity index (χ2n) is 3.96. The summed E-state index contributed by atoms with van der Waals surface area (Å²) in [6.07, 6.45) is 5.64. The van der Waals surface area contributed by atoms with Crippen LogP contribution in [-0.4, -0.2) is 30.1 Å². The lowest BCUT2D eigenvalue weighted by atomic mass is 9.87. The smallest absolute Gasteiger partial charge is 0.0691 e. The van der Waals surface area contributed by atoms with Crippen molar-refractivity contribution in [1.29, 1.82) is 0 Å². The fourth-order valence-electron chi connectivity index (χ4n) is 2.26. The van der Waals surface area contributed by atoms with Crippen molar-refractivity contribution in [3.05, 3.63) is 0 Å². The zero-order valence-electron chi connectivity index (χ0n) is 7.31. The highest BCUT2D eigenvalue weighted by molar-refractivity contribution is 9.09. The maximum Gasteiger partial charge on any atom is 0.0691 e. The van der Waals surface area contributed by atoms with E-state index in [4.69, 9.17) is 4.74 Å². The molecule has 2 atom stereocenters. The molecule has 0 aromatic heterocycles. The van der Waals surface area contributed by atoms with Gasteiger partial charge in [0.05, 0.1) is 12.7 Å². The van der Waals surface area contributed by atoms with E-state index in [1.807, 2.05) is 0 Å². The van der Waals surface area contributed by atoms with Crippen LogP contribution < -0.4 is 5.32 Å². The molecule has 0 aromatic rings. The molecule has 1 spiro atoms. The van der Waals surface area contributed by atoms with E-state index >= 15 is 0 Å². The van der Waals surface area contributed by atoms with Crippen molar-refractivity contribution in [2.45, 2.75) is 37.3 Å². The number of ether oxygens (including phenoxy) is 1. The minimum atomic E-state index is 0.344. The van der Waals surface area contributed by atoms with Gasteiger partial charge in [-0.1, -0.05) is 22.4 Å². The first-order valence-electron chi connectivity index (χ1n) is 4.77. The zero-order valence-corrected chi connectivity index (χ0v) is 8.90. The van der Waals surface area contributed by atoms with E-state index in [2.05, 4.69) is 21.2 Å². The Balaban J connectivity index is 1.94. The molecule has 2 nitrogen and oxygen atoms in total. The average Bonchev–Trinajstić information content (AvgIpc) is 2.50. The van der Waals surface area contributed by atoms with Crippen LogP contribution in [0.15, 0.2) is 0 Å². The van der Waals surface area contributed by atoms with Gasteiger partial charge in [0, 0.05) is 10.9 Å². The third-order valence-corrected chi connectivity index (χ3v) is 3.69. The van der Waals surface area contributed by atoms with Crippen LogP contribution in [-0.2, 0) is 4.74 Å². The largest absolute Gasteiger partial charge is 0.375 e. The van der Waals surface area contributed by atoms with Gasteiger partial charge in [-0.3, -0.25) is 0 Å². The topological polar surface area (TPSA) is 21.3 Å². The van der Waals surface area contributed by atoms with Gasteiger partial charge >= 0.3 is 0 Å². The number of nitrogens with one attached hydrogen (secondary N) is 1. The summed E-state index contributed by atoms with van der Waals surface area (Å²) in [5.74, 6) is 0. The van der Waals surface area contributed by atoms with Crippen LogP contribution in [0.1, 0.15) is 25.7 Å². The van der Waals surface area contributed by atoms with Crippen molar-refractivity contribution in [3.63, 3.8) is 0 Å². The first-order chi connectivity index (χ1) is 5.85. The third-order valence-electron chi connectivity index (χ3n) is 2.97. The summed E-state index contributed by atoms with van der Waals surface area (Å²) in [6.45, 7) is 2.10. The van der Waals surface area contributed by atoms with Crippen LogP contribution in [0.4, 0.5) is 0 Å². The van der Waals surface area contributed by atoms with Gasteiger partial charge in [0.25, 0.3) is 0 Å². The van der Waals surface area contributed by atoms with Crippen LogP contribution in [0, 0.1) is 0 Å². The lowest BCUT2D eigenvalue weighted by molar-refractivity contribution is 0.111. The number of hydrogen-bond acceptors (Lipinski definition) is 2. The van der Waals surface area contributed by atoms with Gasteiger partial charge in [0.15, 0.2) is 0 Å². The van der Waals surface area contributed by atoms with E-state index in [0.29, 0.717) is 11.6 Å². The highest BCUT2D eigenvalue weighted by atomic mass is 79.9. The molecule has 2 aliphatic rings. The van der Waals surface area contributed by atoms with Crippen LogP contribution >= 0.6 is 15.9 Å². The molecule has 1 N–H and O–H groups in total. The highest BCUT2D eigenvalue weighted by Gasteiger charge is 2.40. The van der Waals surface area contributed by atoms with Gasteiger partial charge in [0.2, 0.25) is 0 Å². The van der Waals surface area contributed by atoms with Crippen molar-refractivity contribution >= 4 is 15.9 Å². The van der Waals surface area contributed by atoms with E-state index in [9.17, 15) is 0 Å². The molecule has 0 aliphatic carbocycles. The van der Waals surface area contributed by atoms with Gasteiger partial charge in [-0.2, -0.15) is 0 Å². The molecule has 2 fully saturated rings. The van der Waals surface area contributed by atoms with Crippen molar-refractivity contribution < 1.29 is 4.74 Å². The molecular formula is C9H16BrNO. The van der Waals surface area contributed by atoms with Crippen molar-refractivity contribution in [2.75, 3.05) is 18.5 Å². The summed E-state index contributed by atoms with van der Waals surface area (Å²) < 4.78 is 5.69. The number of rotatable bonds is 1. The number of alkyl halides is 1.